The standard InChI is InChI=1S/C11H12ClNO2/c1-11(2)7(8(11)10(14)15)6-4-3-5-13-9(6)12/h3-5,7-8H,1-2H3,(H,14,15). The van der Waals surface area contributed by atoms with Gasteiger partial charge in [-0.2, -0.15) is 0 Å². The number of aromatic nitrogens is 1. The molecule has 2 rings (SSSR count). The molecule has 0 radical (unpaired) electrons. The minimum Gasteiger partial charge on any atom is -0.481 e. The van der Waals surface area contributed by atoms with Gasteiger partial charge in [0.2, 0.25) is 0 Å². The first-order chi connectivity index (χ1) is 6.96. The van der Waals surface area contributed by atoms with Crippen molar-refractivity contribution in [3.63, 3.8) is 0 Å². The van der Waals surface area contributed by atoms with Crippen LogP contribution in [0.3, 0.4) is 0 Å². The second-order valence-corrected chi connectivity index (χ2v) is 4.86. The molecule has 1 N–H and O–H groups in total. The molecule has 0 bridgehead atoms. The molecule has 80 valence electrons. The molecular formula is C11H12ClNO2. The van der Waals surface area contributed by atoms with Crippen LogP contribution in [0.25, 0.3) is 0 Å². The Hall–Kier alpha value is -1.09. The summed E-state index contributed by atoms with van der Waals surface area (Å²) in [5.74, 6) is -1.12. The number of carboxylic acid groups (broad SMARTS) is 1. The smallest absolute Gasteiger partial charge is 0.307 e. The first-order valence-electron chi connectivity index (χ1n) is 4.79. The number of nitrogens with zero attached hydrogens (tertiary/aromatic N) is 1. The highest BCUT2D eigenvalue weighted by atomic mass is 35.5. The van der Waals surface area contributed by atoms with Gasteiger partial charge in [0.1, 0.15) is 5.15 Å². The summed E-state index contributed by atoms with van der Waals surface area (Å²) in [6.07, 6.45) is 1.61. The third-order valence-corrected chi connectivity index (χ3v) is 3.53. The number of halogens is 1. The molecule has 1 aromatic rings. The van der Waals surface area contributed by atoms with Crippen molar-refractivity contribution >= 4 is 17.6 Å². The van der Waals surface area contributed by atoms with E-state index in [1.807, 2.05) is 19.9 Å². The van der Waals surface area contributed by atoms with Crippen LogP contribution in [-0.4, -0.2) is 16.1 Å². The average Bonchev–Trinajstić information content (AvgIpc) is 2.70. The fraction of sp³-hybridized carbons (Fsp3) is 0.455. The van der Waals surface area contributed by atoms with Gasteiger partial charge >= 0.3 is 5.97 Å². The van der Waals surface area contributed by atoms with Crippen molar-refractivity contribution in [2.24, 2.45) is 11.3 Å². The molecule has 1 heterocycles. The number of carboxylic acids is 1. The first kappa shape index (κ1) is 10.4. The SMILES string of the molecule is CC1(C)C(C(=O)O)C1c1cccnc1Cl. The lowest BCUT2D eigenvalue weighted by Crippen LogP contribution is -2.03. The van der Waals surface area contributed by atoms with E-state index in [9.17, 15) is 4.79 Å². The van der Waals surface area contributed by atoms with Crippen LogP contribution in [0.1, 0.15) is 25.3 Å². The summed E-state index contributed by atoms with van der Waals surface area (Å²) in [5, 5.41) is 9.46. The van der Waals surface area contributed by atoms with Gasteiger partial charge in [-0.1, -0.05) is 31.5 Å². The maximum Gasteiger partial charge on any atom is 0.307 e. The Labute approximate surface area is 93.1 Å². The van der Waals surface area contributed by atoms with Crippen LogP contribution in [0.15, 0.2) is 18.3 Å². The van der Waals surface area contributed by atoms with Gasteiger partial charge in [-0.05, 0) is 17.0 Å². The molecule has 0 amide bonds. The van der Waals surface area contributed by atoms with Crippen molar-refractivity contribution in [2.45, 2.75) is 19.8 Å². The van der Waals surface area contributed by atoms with E-state index in [1.165, 1.54) is 0 Å². The summed E-state index contributed by atoms with van der Waals surface area (Å²) >= 11 is 5.95. The van der Waals surface area contributed by atoms with E-state index in [2.05, 4.69) is 4.98 Å². The van der Waals surface area contributed by atoms with Gasteiger partial charge in [0.15, 0.2) is 0 Å². The van der Waals surface area contributed by atoms with Gasteiger partial charge in [-0.25, -0.2) is 4.98 Å². The summed E-state index contributed by atoms with van der Waals surface area (Å²) in [6.45, 7) is 3.89. The summed E-state index contributed by atoms with van der Waals surface area (Å²) in [6, 6.07) is 3.64. The van der Waals surface area contributed by atoms with Crippen LogP contribution in [-0.2, 0) is 4.79 Å². The molecule has 1 aliphatic rings. The predicted molar refractivity (Wildman–Crippen MR) is 56.9 cm³/mol. The van der Waals surface area contributed by atoms with Crippen LogP contribution in [0.5, 0.6) is 0 Å². The molecule has 1 aliphatic carbocycles. The third-order valence-electron chi connectivity index (χ3n) is 3.22. The first-order valence-corrected chi connectivity index (χ1v) is 5.17. The molecule has 0 spiro atoms. The average molecular weight is 226 g/mol. The molecule has 0 saturated heterocycles. The fourth-order valence-corrected chi connectivity index (χ4v) is 2.55. The molecule has 2 atom stereocenters. The molecule has 1 aromatic heterocycles. The minimum atomic E-state index is -0.759. The summed E-state index contributed by atoms with van der Waals surface area (Å²) in [7, 11) is 0. The molecular weight excluding hydrogens is 214 g/mol. The Kier molecular flexibility index (Phi) is 2.23. The maximum atomic E-state index is 11.0. The van der Waals surface area contributed by atoms with Crippen molar-refractivity contribution in [1.29, 1.82) is 0 Å². The lowest BCUT2D eigenvalue weighted by molar-refractivity contribution is -0.139. The highest BCUT2D eigenvalue weighted by Gasteiger charge is 2.63. The van der Waals surface area contributed by atoms with Crippen LogP contribution < -0.4 is 0 Å². The van der Waals surface area contributed by atoms with Crippen LogP contribution in [0.4, 0.5) is 0 Å². The Morgan fingerprint density at radius 2 is 2.27 bits per heavy atom. The Balaban J connectivity index is 2.36. The van der Waals surface area contributed by atoms with E-state index in [4.69, 9.17) is 16.7 Å². The number of hydrogen-bond acceptors (Lipinski definition) is 2. The lowest BCUT2D eigenvalue weighted by atomic mass is 10.1. The van der Waals surface area contributed by atoms with E-state index >= 15 is 0 Å². The van der Waals surface area contributed by atoms with Gasteiger partial charge in [0.05, 0.1) is 5.92 Å². The number of aliphatic carboxylic acids is 1. The third kappa shape index (κ3) is 1.51. The molecule has 3 nitrogen and oxygen atoms in total. The van der Waals surface area contributed by atoms with Gasteiger partial charge in [-0.3, -0.25) is 4.79 Å². The van der Waals surface area contributed by atoms with Crippen LogP contribution >= 0.6 is 11.6 Å². The minimum absolute atomic E-state index is 0.0174. The van der Waals surface area contributed by atoms with Crippen molar-refractivity contribution in [3.05, 3.63) is 29.0 Å². The molecule has 1 fully saturated rings. The van der Waals surface area contributed by atoms with Crippen molar-refractivity contribution in [2.75, 3.05) is 0 Å². The van der Waals surface area contributed by atoms with E-state index in [0.29, 0.717) is 5.15 Å². The van der Waals surface area contributed by atoms with E-state index in [-0.39, 0.29) is 17.3 Å². The number of carbonyl (C=O) groups is 1. The largest absolute Gasteiger partial charge is 0.481 e. The quantitative estimate of drug-likeness (QED) is 0.787. The highest BCUT2D eigenvalue weighted by molar-refractivity contribution is 6.30. The Bertz CT molecular complexity index is 417. The maximum absolute atomic E-state index is 11.0. The highest BCUT2D eigenvalue weighted by Crippen LogP contribution is 2.65. The van der Waals surface area contributed by atoms with Crippen LogP contribution in [0.2, 0.25) is 5.15 Å². The summed E-state index contributed by atoms with van der Waals surface area (Å²) < 4.78 is 0. The topological polar surface area (TPSA) is 50.2 Å². The Morgan fingerprint density at radius 1 is 1.60 bits per heavy atom. The monoisotopic (exact) mass is 225 g/mol. The Morgan fingerprint density at radius 3 is 2.73 bits per heavy atom. The van der Waals surface area contributed by atoms with E-state index in [0.717, 1.165) is 5.56 Å². The predicted octanol–water partition coefficient (Wildman–Crippen LogP) is 2.56. The van der Waals surface area contributed by atoms with E-state index < -0.39 is 5.97 Å². The van der Waals surface area contributed by atoms with Gasteiger partial charge in [-0.15, -0.1) is 0 Å². The lowest BCUT2D eigenvalue weighted by Gasteiger charge is -2.03. The molecule has 2 unspecified atom stereocenters. The van der Waals surface area contributed by atoms with E-state index in [1.54, 1.807) is 12.3 Å². The van der Waals surface area contributed by atoms with Gasteiger partial charge in [0.25, 0.3) is 0 Å². The second kappa shape index (κ2) is 3.20. The molecule has 1 saturated carbocycles. The van der Waals surface area contributed by atoms with Crippen molar-refractivity contribution < 1.29 is 9.90 Å². The fourth-order valence-electron chi connectivity index (χ4n) is 2.31. The molecule has 4 heteroatoms. The normalized spacial score (nSPS) is 27.4. The summed E-state index contributed by atoms with van der Waals surface area (Å²) in [4.78, 5) is 15.0. The van der Waals surface area contributed by atoms with Gasteiger partial charge < -0.3 is 5.11 Å². The number of hydrogen-bond donors (Lipinski definition) is 1. The zero-order chi connectivity index (χ0) is 11.2. The molecule has 0 aromatic carbocycles. The summed E-state index contributed by atoms with van der Waals surface area (Å²) in [5.41, 5.74) is 0.620. The second-order valence-electron chi connectivity index (χ2n) is 4.50. The van der Waals surface area contributed by atoms with Crippen LogP contribution in [0, 0.1) is 11.3 Å². The zero-order valence-electron chi connectivity index (χ0n) is 8.57. The van der Waals surface area contributed by atoms with Gasteiger partial charge in [0, 0.05) is 12.1 Å². The zero-order valence-corrected chi connectivity index (χ0v) is 9.32. The van der Waals surface area contributed by atoms with Crippen molar-refractivity contribution in [1.82, 2.24) is 4.98 Å². The molecule has 15 heavy (non-hydrogen) atoms. The number of pyridine rings is 1. The molecule has 0 aliphatic heterocycles. The van der Waals surface area contributed by atoms with Crippen molar-refractivity contribution in [3.8, 4) is 0 Å². The number of rotatable bonds is 2.